The van der Waals surface area contributed by atoms with Crippen LogP contribution < -0.4 is 11.3 Å². The number of nitrogens with one attached hydrogen (secondary N) is 1. The molecule has 1 aromatic rings. The molecule has 0 saturated heterocycles. The molecule has 0 aliphatic carbocycles. The van der Waals surface area contributed by atoms with Crippen LogP contribution in [0.3, 0.4) is 0 Å². The third kappa shape index (κ3) is 3.33. The van der Waals surface area contributed by atoms with Crippen molar-refractivity contribution < 1.29 is 0 Å². The summed E-state index contributed by atoms with van der Waals surface area (Å²) in [6.45, 7) is 0.760. The van der Waals surface area contributed by atoms with E-state index in [0.717, 1.165) is 12.1 Å². The average Bonchev–Trinajstić information content (AvgIpc) is 2.19. The Bertz CT molecular complexity index is 328. The van der Waals surface area contributed by atoms with Crippen molar-refractivity contribution in [1.82, 2.24) is 10.3 Å². The van der Waals surface area contributed by atoms with E-state index in [1.165, 1.54) is 0 Å². The quantitative estimate of drug-likeness (QED) is 0.633. The van der Waals surface area contributed by atoms with E-state index in [0.29, 0.717) is 10.0 Å². The van der Waals surface area contributed by atoms with E-state index in [1.807, 2.05) is 31.1 Å². The van der Waals surface area contributed by atoms with Crippen molar-refractivity contribution in [2.45, 2.75) is 6.04 Å². The highest BCUT2D eigenvalue weighted by molar-refractivity contribution is 6.42. The van der Waals surface area contributed by atoms with E-state index in [-0.39, 0.29) is 6.04 Å². The van der Waals surface area contributed by atoms with Gasteiger partial charge in [-0.05, 0) is 25.7 Å². The lowest BCUT2D eigenvalue weighted by Gasteiger charge is -2.21. The Labute approximate surface area is 100 Å². The first kappa shape index (κ1) is 12.7. The maximum absolute atomic E-state index is 6.10. The Morgan fingerprint density at radius 2 is 2.07 bits per heavy atom. The van der Waals surface area contributed by atoms with Crippen LogP contribution in [0, 0.1) is 0 Å². The molecule has 1 unspecified atom stereocenters. The molecule has 0 bridgehead atoms. The van der Waals surface area contributed by atoms with Crippen LogP contribution in [0.25, 0.3) is 0 Å². The zero-order valence-corrected chi connectivity index (χ0v) is 10.3. The number of benzene rings is 1. The van der Waals surface area contributed by atoms with Gasteiger partial charge in [0.2, 0.25) is 0 Å². The molecule has 0 aromatic heterocycles. The summed E-state index contributed by atoms with van der Waals surface area (Å²) in [5.41, 5.74) is 3.65. The Kier molecular flexibility index (Phi) is 4.83. The van der Waals surface area contributed by atoms with Crippen molar-refractivity contribution in [2.24, 2.45) is 5.84 Å². The first-order valence-electron chi connectivity index (χ1n) is 4.61. The van der Waals surface area contributed by atoms with E-state index in [2.05, 4.69) is 5.43 Å². The number of rotatable bonds is 4. The minimum Gasteiger partial charge on any atom is -0.307 e. The van der Waals surface area contributed by atoms with Crippen LogP contribution in [-0.2, 0) is 0 Å². The van der Waals surface area contributed by atoms with Crippen molar-refractivity contribution in [2.75, 3.05) is 20.6 Å². The summed E-state index contributed by atoms with van der Waals surface area (Å²) in [7, 11) is 3.95. The fraction of sp³-hybridized carbons (Fsp3) is 0.400. The normalized spacial score (nSPS) is 13.2. The van der Waals surface area contributed by atoms with Gasteiger partial charge < -0.3 is 4.90 Å². The molecule has 0 heterocycles. The second kappa shape index (κ2) is 5.68. The minimum absolute atomic E-state index is 0.0220. The molecule has 3 nitrogen and oxygen atoms in total. The smallest absolute Gasteiger partial charge is 0.0641 e. The molecule has 0 spiro atoms. The van der Waals surface area contributed by atoms with E-state index in [1.54, 1.807) is 6.07 Å². The van der Waals surface area contributed by atoms with Crippen molar-refractivity contribution in [3.05, 3.63) is 33.8 Å². The van der Waals surface area contributed by atoms with Gasteiger partial charge in [0.1, 0.15) is 0 Å². The fourth-order valence-electron chi connectivity index (χ4n) is 1.40. The van der Waals surface area contributed by atoms with Gasteiger partial charge in [-0.25, -0.2) is 0 Å². The van der Waals surface area contributed by atoms with Gasteiger partial charge in [0.25, 0.3) is 0 Å². The summed E-state index contributed by atoms with van der Waals surface area (Å²) in [6.07, 6.45) is 0. The summed E-state index contributed by atoms with van der Waals surface area (Å²) in [5, 5.41) is 1.11. The number of nitrogens with zero attached hydrogens (tertiary/aromatic N) is 1. The zero-order valence-electron chi connectivity index (χ0n) is 8.80. The SMILES string of the molecule is CN(C)CC(NN)c1cccc(Cl)c1Cl. The lowest BCUT2D eigenvalue weighted by molar-refractivity contribution is 0.344. The van der Waals surface area contributed by atoms with Crippen LogP contribution in [0.4, 0.5) is 0 Å². The predicted octanol–water partition coefficient (Wildman–Crippen LogP) is 2.06. The van der Waals surface area contributed by atoms with E-state index in [4.69, 9.17) is 29.0 Å². The van der Waals surface area contributed by atoms with Crippen molar-refractivity contribution in [3.8, 4) is 0 Å². The van der Waals surface area contributed by atoms with E-state index < -0.39 is 0 Å². The first-order chi connectivity index (χ1) is 7.06. The number of hydrogen-bond donors (Lipinski definition) is 2. The Hall–Kier alpha value is -0.320. The van der Waals surface area contributed by atoms with Crippen LogP contribution in [0.5, 0.6) is 0 Å². The molecular formula is C10H15Cl2N3. The largest absolute Gasteiger partial charge is 0.307 e. The number of nitrogens with two attached hydrogens (primary N) is 1. The third-order valence-electron chi connectivity index (χ3n) is 2.11. The molecule has 84 valence electrons. The highest BCUT2D eigenvalue weighted by Crippen LogP contribution is 2.29. The van der Waals surface area contributed by atoms with Gasteiger partial charge >= 0.3 is 0 Å². The lowest BCUT2D eigenvalue weighted by Crippen LogP contribution is -2.35. The van der Waals surface area contributed by atoms with Crippen LogP contribution >= 0.6 is 23.2 Å². The first-order valence-corrected chi connectivity index (χ1v) is 5.36. The lowest BCUT2D eigenvalue weighted by atomic mass is 10.1. The zero-order chi connectivity index (χ0) is 11.4. The van der Waals surface area contributed by atoms with Crippen molar-refractivity contribution in [1.29, 1.82) is 0 Å². The van der Waals surface area contributed by atoms with Crippen LogP contribution in [0.2, 0.25) is 10.0 Å². The molecule has 0 radical (unpaired) electrons. The summed E-state index contributed by atoms with van der Waals surface area (Å²) < 4.78 is 0. The predicted molar refractivity (Wildman–Crippen MR) is 65.1 cm³/mol. The Balaban J connectivity index is 2.96. The molecular weight excluding hydrogens is 233 g/mol. The Morgan fingerprint density at radius 1 is 1.40 bits per heavy atom. The van der Waals surface area contributed by atoms with E-state index in [9.17, 15) is 0 Å². The van der Waals surface area contributed by atoms with Gasteiger partial charge in [-0.3, -0.25) is 11.3 Å². The maximum Gasteiger partial charge on any atom is 0.0641 e. The maximum atomic E-state index is 6.10. The second-order valence-electron chi connectivity index (χ2n) is 3.62. The highest BCUT2D eigenvalue weighted by atomic mass is 35.5. The highest BCUT2D eigenvalue weighted by Gasteiger charge is 2.15. The second-order valence-corrected chi connectivity index (χ2v) is 4.41. The fourth-order valence-corrected chi connectivity index (χ4v) is 1.84. The van der Waals surface area contributed by atoms with Gasteiger partial charge in [0.15, 0.2) is 0 Å². The number of halogens is 2. The van der Waals surface area contributed by atoms with Gasteiger partial charge in [0, 0.05) is 6.54 Å². The average molecular weight is 248 g/mol. The van der Waals surface area contributed by atoms with Crippen molar-refractivity contribution >= 4 is 23.2 Å². The topological polar surface area (TPSA) is 41.3 Å². The molecule has 1 atom stereocenters. The summed E-state index contributed by atoms with van der Waals surface area (Å²) in [6, 6.07) is 5.52. The molecule has 0 amide bonds. The van der Waals surface area contributed by atoms with Crippen LogP contribution in [0.15, 0.2) is 18.2 Å². The van der Waals surface area contributed by atoms with Gasteiger partial charge in [-0.2, -0.15) is 0 Å². The van der Waals surface area contributed by atoms with Crippen LogP contribution in [-0.4, -0.2) is 25.5 Å². The molecule has 0 aliphatic rings. The molecule has 1 aromatic carbocycles. The van der Waals surface area contributed by atoms with Gasteiger partial charge in [-0.15, -0.1) is 0 Å². The number of likely N-dealkylation sites (N-methyl/N-ethyl adjacent to an activating group) is 1. The standard InChI is InChI=1S/C10H15Cl2N3/c1-15(2)6-9(14-13)7-4-3-5-8(11)10(7)12/h3-5,9,14H,6,13H2,1-2H3. The van der Waals surface area contributed by atoms with Gasteiger partial charge in [-0.1, -0.05) is 35.3 Å². The molecule has 0 fully saturated rings. The van der Waals surface area contributed by atoms with Crippen molar-refractivity contribution in [3.63, 3.8) is 0 Å². The van der Waals surface area contributed by atoms with Gasteiger partial charge in [0.05, 0.1) is 16.1 Å². The molecule has 3 N–H and O–H groups in total. The number of hydrogen-bond acceptors (Lipinski definition) is 3. The summed E-state index contributed by atoms with van der Waals surface area (Å²) >= 11 is 12.0. The molecule has 5 heteroatoms. The van der Waals surface area contributed by atoms with Crippen LogP contribution in [0.1, 0.15) is 11.6 Å². The Morgan fingerprint density at radius 3 is 2.60 bits per heavy atom. The summed E-state index contributed by atoms with van der Waals surface area (Å²) in [4.78, 5) is 2.03. The molecule has 1 rings (SSSR count). The molecule has 0 saturated carbocycles. The van der Waals surface area contributed by atoms with E-state index >= 15 is 0 Å². The summed E-state index contributed by atoms with van der Waals surface area (Å²) in [5.74, 6) is 5.49. The monoisotopic (exact) mass is 247 g/mol. The molecule has 0 aliphatic heterocycles. The number of hydrazine groups is 1. The molecule has 15 heavy (non-hydrogen) atoms. The minimum atomic E-state index is -0.0220. The third-order valence-corrected chi connectivity index (χ3v) is 2.94.